The Morgan fingerprint density at radius 1 is 1.13 bits per heavy atom. The fourth-order valence-corrected chi connectivity index (χ4v) is 3.81. The van der Waals surface area contributed by atoms with Crippen molar-refractivity contribution in [3.8, 4) is 0 Å². The standard InChI is InChI=1S/C24H27ClN2O3/c1-15(2)16-8-10-17(11-9-16)21-20(22(28)18-6-5-7-19(25)14-18)23(29)24(30)27(21)13-12-26(3)4/h5-11,14-15,21,28H,12-13H2,1-4H3/b22-20-. The Morgan fingerprint density at radius 2 is 1.80 bits per heavy atom. The molecule has 30 heavy (non-hydrogen) atoms. The van der Waals surface area contributed by atoms with Gasteiger partial charge >= 0.3 is 0 Å². The molecule has 1 N–H and O–H groups in total. The summed E-state index contributed by atoms with van der Waals surface area (Å²) in [5.41, 5.74) is 2.47. The van der Waals surface area contributed by atoms with Crippen molar-refractivity contribution in [3.05, 3.63) is 75.8 Å². The fraction of sp³-hybridized carbons (Fsp3) is 0.333. The van der Waals surface area contributed by atoms with E-state index in [1.54, 1.807) is 29.2 Å². The van der Waals surface area contributed by atoms with E-state index in [2.05, 4.69) is 13.8 Å². The highest BCUT2D eigenvalue weighted by atomic mass is 35.5. The van der Waals surface area contributed by atoms with Gasteiger partial charge in [-0.2, -0.15) is 0 Å². The van der Waals surface area contributed by atoms with Crippen molar-refractivity contribution < 1.29 is 14.7 Å². The molecule has 1 amide bonds. The van der Waals surface area contributed by atoms with Crippen molar-refractivity contribution in [2.24, 2.45) is 0 Å². The summed E-state index contributed by atoms with van der Waals surface area (Å²) in [4.78, 5) is 29.3. The van der Waals surface area contributed by atoms with Gasteiger partial charge in [0, 0.05) is 23.7 Å². The molecule has 0 spiro atoms. The maximum Gasteiger partial charge on any atom is 0.295 e. The summed E-state index contributed by atoms with van der Waals surface area (Å²) in [5.74, 6) is -1.12. The summed E-state index contributed by atoms with van der Waals surface area (Å²) >= 11 is 6.07. The molecule has 0 radical (unpaired) electrons. The number of rotatable bonds is 6. The van der Waals surface area contributed by atoms with Crippen LogP contribution in [0.3, 0.4) is 0 Å². The lowest BCUT2D eigenvalue weighted by molar-refractivity contribution is -0.140. The number of Topliss-reactive ketones (excluding diaryl/α,β-unsaturated/α-hetero) is 1. The molecule has 0 bridgehead atoms. The Labute approximate surface area is 182 Å². The highest BCUT2D eigenvalue weighted by Gasteiger charge is 2.45. The first-order chi connectivity index (χ1) is 14.2. The topological polar surface area (TPSA) is 60.9 Å². The van der Waals surface area contributed by atoms with Crippen LogP contribution in [0.1, 0.15) is 42.5 Å². The average molecular weight is 427 g/mol. The number of benzene rings is 2. The molecule has 0 aromatic heterocycles. The molecule has 0 saturated carbocycles. The summed E-state index contributed by atoms with van der Waals surface area (Å²) in [6.07, 6.45) is 0. The number of amides is 1. The lowest BCUT2D eigenvalue weighted by atomic mass is 9.93. The zero-order chi connectivity index (χ0) is 22.0. The molecule has 1 unspecified atom stereocenters. The number of halogens is 1. The van der Waals surface area contributed by atoms with Crippen LogP contribution in [-0.2, 0) is 9.59 Å². The van der Waals surface area contributed by atoms with Gasteiger partial charge in [0.15, 0.2) is 0 Å². The van der Waals surface area contributed by atoms with Gasteiger partial charge in [-0.1, -0.05) is 61.8 Å². The zero-order valence-electron chi connectivity index (χ0n) is 17.7. The monoisotopic (exact) mass is 426 g/mol. The highest BCUT2D eigenvalue weighted by Crippen LogP contribution is 2.39. The van der Waals surface area contributed by atoms with E-state index in [-0.39, 0.29) is 11.3 Å². The Balaban J connectivity index is 2.13. The first-order valence-corrected chi connectivity index (χ1v) is 10.4. The molecule has 2 aromatic carbocycles. The number of likely N-dealkylation sites (tertiary alicyclic amines) is 1. The number of carbonyl (C=O) groups is 2. The van der Waals surface area contributed by atoms with Crippen LogP contribution >= 0.6 is 11.6 Å². The van der Waals surface area contributed by atoms with E-state index in [0.29, 0.717) is 29.6 Å². The van der Waals surface area contributed by atoms with E-state index < -0.39 is 17.7 Å². The van der Waals surface area contributed by atoms with Crippen LogP contribution in [0.5, 0.6) is 0 Å². The fourth-order valence-electron chi connectivity index (χ4n) is 3.62. The molecule has 6 heteroatoms. The maximum atomic E-state index is 13.0. The molecule has 0 aliphatic carbocycles. The molecule has 2 aromatic rings. The lowest BCUT2D eigenvalue weighted by Crippen LogP contribution is -2.35. The van der Waals surface area contributed by atoms with E-state index in [9.17, 15) is 14.7 Å². The number of likely N-dealkylation sites (N-methyl/N-ethyl adjacent to an activating group) is 1. The van der Waals surface area contributed by atoms with Crippen molar-refractivity contribution in [2.45, 2.75) is 25.8 Å². The summed E-state index contributed by atoms with van der Waals surface area (Å²) in [6.45, 7) is 5.19. The smallest absolute Gasteiger partial charge is 0.295 e. The van der Waals surface area contributed by atoms with E-state index in [1.807, 2.05) is 43.3 Å². The first-order valence-electron chi connectivity index (χ1n) is 9.99. The van der Waals surface area contributed by atoms with Gasteiger partial charge in [-0.3, -0.25) is 9.59 Å². The van der Waals surface area contributed by atoms with Gasteiger partial charge in [0.1, 0.15) is 5.76 Å². The van der Waals surface area contributed by atoms with E-state index in [4.69, 9.17) is 11.6 Å². The minimum absolute atomic E-state index is 0.0957. The second-order valence-electron chi connectivity index (χ2n) is 8.13. The molecule has 1 saturated heterocycles. The number of hydrogen-bond acceptors (Lipinski definition) is 4. The molecule has 1 aliphatic heterocycles. The van der Waals surface area contributed by atoms with Gasteiger partial charge in [-0.25, -0.2) is 0 Å². The van der Waals surface area contributed by atoms with Crippen molar-refractivity contribution in [2.75, 3.05) is 27.2 Å². The van der Waals surface area contributed by atoms with Crippen molar-refractivity contribution in [1.29, 1.82) is 0 Å². The second kappa shape index (κ2) is 9.02. The third-order valence-corrected chi connectivity index (χ3v) is 5.58. The molecule has 5 nitrogen and oxygen atoms in total. The summed E-state index contributed by atoms with van der Waals surface area (Å²) in [7, 11) is 3.82. The zero-order valence-corrected chi connectivity index (χ0v) is 18.5. The summed E-state index contributed by atoms with van der Waals surface area (Å²) in [5, 5.41) is 11.5. The van der Waals surface area contributed by atoms with Crippen LogP contribution in [-0.4, -0.2) is 53.8 Å². The van der Waals surface area contributed by atoms with Gasteiger partial charge in [0.25, 0.3) is 11.7 Å². The Bertz CT molecular complexity index is 980. The maximum absolute atomic E-state index is 13.0. The van der Waals surface area contributed by atoms with Gasteiger partial charge in [-0.05, 0) is 43.3 Å². The largest absolute Gasteiger partial charge is 0.507 e. The number of ketones is 1. The van der Waals surface area contributed by atoms with E-state index >= 15 is 0 Å². The van der Waals surface area contributed by atoms with Crippen molar-refractivity contribution in [1.82, 2.24) is 9.80 Å². The van der Waals surface area contributed by atoms with E-state index in [1.165, 1.54) is 5.56 Å². The van der Waals surface area contributed by atoms with Crippen LogP contribution in [0.25, 0.3) is 5.76 Å². The predicted octanol–water partition coefficient (Wildman–Crippen LogP) is 4.45. The van der Waals surface area contributed by atoms with Crippen LogP contribution in [0.15, 0.2) is 54.1 Å². The van der Waals surface area contributed by atoms with Crippen LogP contribution < -0.4 is 0 Å². The van der Waals surface area contributed by atoms with Gasteiger partial charge in [-0.15, -0.1) is 0 Å². The third kappa shape index (κ3) is 4.42. The van der Waals surface area contributed by atoms with Crippen molar-refractivity contribution in [3.63, 3.8) is 0 Å². The summed E-state index contributed by atoms with van der Waals surface area (Å²) in [6, 6.07) is 13.9. The van der Waals surface area contributed by atoms with Gasteiger partial charge in [0.05, 0.1) is 11.6 Å². The van der Waals surface area contributed by atoms with Gasteiger partial charge in [0.2, 0.25) is 0 Å². The Hall–Kier alpha value is -2.63. The third-order valence-electron chi connectivity index (χ3n) is 5.35. The summed E-state index contributed by atoms with van der Waals surface area (Å²) < 4.78 is 0. The van der Waals surface area contributed by atoms with Crippen LogP contribution in [0, 0.1) is 0 Å². The highest BCUT2D eigenvalue weighted by molar-refractivity contribution is 6.46. The molecule has 1 atom stereocenters. The minimum atomic E-state index is -0.677. The molecule has 1 heterocycles. The van der Waals surface area contributed by atoms with Crippen LogP contribution in [0.4, 0.5) is 0 Å². The molecule has 3 rings (SSSR count). The number of aliphatic hydroxyl groups excluding tert-OH is 1. The normalized spacial score (nSPS) is 18.6. The van der Waals surface area contributed by atoms with E-state index in [0.717, 1.165) is 5.56 Å². The Kier molecular flexibility index (Phi) is 6.64. The molecule has 1 aliphatic rings. The predicted molar refractivity (Wildman–Crippen MR) is 120 cm³/mol. The molecule has 158 valence electrons. The number of hydrogen-bond donors (Lipinski definition) is 1. The van der Waals surface area contributed by atoms with Gasteiger partial charge < -0.3 is 14.9 Å². The lowest BCUT2D eigenvalue weighted by Gasteiger charge is -2.27. The number of nitrogens with zero attached hydrogens (tertiary/aromatic N) is 2. The molecule has 1 fully saturated rings. The average Bonchev–Trinajstić information content (AvgIpc) is 2.96. The SMILES string of the molecule is CC(C)c1ccc(C2/C(=C(/O)c3cccc(Cl)c3)C(=O)C(=O)N2CCN(C)C)cc1. The minimum Gasteiger partial charge on any atom is -0.507 e. The number of aliphatic hydroxyl groups is 1. The molecular formula is C24H27ClN2O3. The first kappa shape index (κ1) is 22.1. The quantitative estimate of drug-likeness (QED) is 0.421. The second-order valence-corrected chi connectivity index (χ2v) is 8.56. The van der Waals surface area contributed by atoms with Crippen LogP contribution in [0.2, 0.25) is 5.02 Å². The van der Waals surface area contributed by atoms with Crippen molar-refractivity contribution >= 4 is 29.1 Å². The molecular weight excluding hydrogens is 400 g/mol. The number of carbonyl (C=O) groups excluding carboxylic acids is 2. The Morgan fingerprint density at radius 3 is 2.37 bits per heavy atom.